The highest BCUT2D eigenvalue weighted by Crippen LogP contribution is 2.29. The standard InChI is InChI=1S/C11H14FNO/c1-4-8(12)7-9-11(2,3)6-5-10(14)13-9/h4-7H,1-3H3,(H,13,14)/b8-4+,9-7+. The van der Waals surface area contributed by atoms with Gasteiger partial charge in [0, 0.05) is 17.2 Å². The Morgan fingerprint density at radius 3 is 2.79 bits per heavy atom. The van der Waals surface area contributed by atoms with E-state index in [0.717, 1.165) is 0 Å². The van der Waals surface area contributed by atoms with E-state index in [1.165, 1.54) is 18.2 Å². The molecule has 1 aliphatic heterocycles. The van der Waals surface area contributed by atoms with Crippen molar-refractivity contribution in [2.24, 2.45) is 5.41 Å². The van der Waals surface area contributed by atoms with Gasteiger partial charge < -0.3 is 5.32 Å². The number of amides is 1. The zero-order chi connectivity index (χ0) is 10.8. The van der Waals surface area contributed by atoms with Crippen molar-refractivity contribution in [1.29, 1.82) is 0 Å². The Morgan fingerprint density at radius 1 is 1.57 bits per heavy atom. The first-order valence-corrected chi connectivity index (χ1v) is 4.50. The molecule has 0 saturated carbocycles. The number of carbonyl (C=O) groups is 1. The van der Waals surface area contributed by atoms with Gasteiger partial charge in [0.05, 0.1) is 0 Å². The number of halogens is 1. The molecule has 3 heteroatoms. The Bertz CT molecular complexity index is 337. The molecule has 14 heavy (non-hydrogen) atoms. The van der Waals surface area contributed by atoms with Gasteiger partial charge in [0.25, 0.3) is 0 Å². The number of hydrogen-bond donors (Lipinski definition) is 1. The van der Waals surface area contributed by atoms with Crippen LogP contribution in [-0.2, 0) is 4.79 Å². The summed E-state index contributed by atoms with van der Waals surface area (Å²) in [5.41, 5.74) is 0.259. The monoisotopic (exact) mass is 195 g/mol. The van der Waals surface area contributed by atoms with Crippen LogP contribution in [-0.4, -0.2) is 5.91 Å². The van der Waals surface area contributed by atoms with Gasteiger partial charge in [-0.2, -0.15) is 0 Å². The molecule has 0 aromatic heterocycles. The van der Waals surface area contributed by atoms with Crippen LogP contribution in [0.2, 0.25) is 0 Å². The summed E-state index contributed by atoms with van der Waals surface area (Å²) in [7, 11) is 0. The number of rotatable bonds is 1. The molecule has 1 heterocycles. The Balaban J connectivity index is 3.04. The first-order valence-electron chi connectivity index (χ1n) is 4.50. The summed E-state index contributed by atoms with van der Waals surface area (Å²) in [6.45, 7) is 5.44. The lowest BCUT2D eigenvalue weighted by Crippen LogP contribution is -2.33. The smallest absolute Gasteiger partial charge is 0.247 e. The lowest BCUT2D eigenvalue weighted by Gasteiger charge is -2.27. The fourth-order valence-corrected chi connectivity index (χ4v) is 1.15. The average molecular weight is 195 g/mol. The molecule has 76 valence electrons. The summed E-state index contributed by atoms with van der Waals surface area (Å²) in [6, 6.07) is 0. The molecule has 0 fully saturated rings. The van der Waals surface area contributed by atoms with Crippen molar-refractivity contribution in [3.63, 3.8) is 0 Å². The van der Waals surface area contributed by atoms with E-state index < -0.39 is 0 Å². The molecule has 0 saturated heterocycles. The number of nitrogens with one attached hydrogen (secondary N) is 1. The van der Waals surface area contributed by atoms with Crippen molar-refractivity contribution in [3.05, 3.63) is 35.8 Å². The first kappa shape index (κ1) is 10.7. The molecule has 0 unspecified atom stereocenters. The highest BCUT2D eigenvalue weighted by Gasteiger charge is 2.25. The van der Waals surface area contributed by atoms with E-state index >= 15 is 0 Å². The summed E-state index contributed by atoms with van der Waals surface area (Å²) < 4.78 is 13.0. The Labute approximate surface area is 83.2 Å². The van der Waals surface area contributed by atoms with E-state index in [-0.39, 0.29) is 17.1 Å². The molecule has 0 atom stereocenters. The predicted molar refractivity (Wildman–Crippen MR) is 54.0 cm³/mol. The fraction of sp³-hybridized carbons (Fsp3) is 0.364. The van der Waals surface area contributed by atoms with Gasteiger partial charge in [-0.25, -0.2) is 4.39 Å². The normalized spacial score (nSPS) is 23.9. The van der Waals surface area contributed by atoms with Gasteiger partial charge in [0.2, 0.25) is 5.91 Å². The van der Waals surface area contributed by atoms with Crippen molar-refractivity contribution < 1.29 is 9.18 Å². The summed E-state index contributed by atoms with van der Waals surface area (Å²) in [4.78, 5) is 11.1. The Kier molecular flexibility index (Phi) is 2.89. The van der Waals surface area contributed by atoms with Crippen molar-refractivity contribution in [2.45, 2.75) is 20.8 Å². The maximum atomic E-state index is 13.0. The largest absolute Gasteiger partial charge is 0.325 e. The third-order valence-corrected chi connectivity index (χ3v) is 2.16. The van der Waals surface area contributed by atoms with Crippen LogP contribution in [0.1, 0.15) is 20.8 Å². The first-order chi connectivity index (χ1) is 6.45. The zero-order valence-corrected chi connectivity index (χ0v) is 8.60. The molecule has 1 N–H and O–H groups in total. The van der Waals surface area contributed by atoms with Crippen molar-refractivity contribution >= 4 is 5.91 Å². The zero-order valence-electron chi connectivity index (χ0n) is 8.60. The summed E-state index contributed by atoms with van der Waals surface area (Å²) in [5.74, 6) is -0.553. The SMILES string of the molecule is C/C=C(F)\C=C1\NC(=O)C=CC1(C)C. The van der Waals surface area contributed by atoms with Gasteiger partial charge >= 0.3 is 0 Å². The average Bonchev–Trinajstić information content (AvgIpc) is 2.12. The summed E-state index contributed by atoms with van der Waals surface area (Å²) in [6.07, 6.45) is 5.93. The highest BCUT2D eigenvalue weighted by atomic mass is 19.1. The highest BCUT2D eigenvalue weighted by molar-refractivity contribution is 5.90. The minimum absolute atomic E-state index is 0.209. The molecule has 0 aromatic rings. The van der Waals surface area contributed by atoms with Crippen LogP contribution in [0.15, 0.2) is 35.8 Å². The third kappa shape index (κ3) is 2.31. The van der Waals surface area contributed by atoms with Crippen LogP contribution in [0.25, 0.3) is 0 Å². The molecule has 0 spiro atoms. The number of hydrogen-bond acceptors (Lipinski definition) is 1. The van der Waals surface area contributed by atoms with Crippen molar-refractivity contribution in [3.8, 4) is 0 Å². The molecular weight excluding hydrogens is 181 g/mol. The molecule has 2 nitrogen and oxygen atoms in total. The van der Waals surface area contributed by atoms with Crippen LogP contribution < -0.4 is 5.32 Å². The third-order valence-electron chi connectivity index (χ3n) is 2.16. The Morgan fingerprint density at radius 2 is 2.21 bits per heavy atom. The van der Waals surface area contributed by atoms with Gasteiger partial charge in [0.1, 0.15) is 5.83 Å². The molecule has 1 rings (SSSR count). The minimum atomic E-state index is -0.344. The second kappa shape index (κ2) is 3.78. The minimum Gasteiger partial charge on any atom is -0.325 e. The quantitative estimate of drug-likeness (QED) is 0.684. The van der Waals surface area contributed by atoms with E-state index in [9.17, 15) is 9.18 Å². The van der Waals surface area contributed by atoms with E-state index in [1.54, 1.807) is 13.0 Å². The van der Waals surface area contributed by atoms with Crippen LogP contribution in [0.5, 0.6) is 0 Å². The van der Waals surface area contributed by atoms with Gasteiger partial charge in [-0.05, 0) is 13.0 Å². The fourth-order valence-electron chi connectivity index (χ4n) is 1.15. The van der Waals surface area contributed by atoms with Crippen LogP contribution in [0.3, 0.4) is 0 Å². The second-order valence-corrected chi connectivity index (χ2v) is 3.78. The molecule has 1 aliphatic rings. The van der Waals surface area contributed by atoms with Gasteiger partial charge in [0.15, 0.2) is 0 Å². The maximum absolute atomic E-state index is 13.0. The molecule has 0 bridgehead atoms. The van der Waals surface area contributed by atoms with E-state index in [2.05, 4.69) is 5.32 Å². The van der Waals surface area contributed by atoms with E-state index in [0.29, 0.717) is 5.70 Å². The van der Waals surface area contributed by atoms with Crippen molar-refractivity contribution in [2.75, 3.05) is 0 Å². The number of carbonyl (C=O) groups excluding carboxylic acids is 1. The predicted octanol–water partition coefficient (Wildman–Crippen LogP) is 2.46. The molecular formula is C11H14FNO. The maximum Gasteiger partial charge on any atom is 0.247 e. The molecule has 0 aliphatic carbocycles. The molecule has 0 aromatic carbocycles. The van der Waals surface area contributed by atoms with Gasteiger partial charge in [-0.3, -0.25) is 4.79 Å². The topological polar surface area (TPSA) is 29.1 Å². The molecule has 0 radical (unpaired) electrons. The summed E-state index contributed by atoms with van der Waals surface area (Å²) in [5, 5.41) is 2.63. The van der Waals surface area contributed by atoms with Crippen LogP contribution in [0.4, 0.5) is 4.39 Å². The van der Waals surface area contributed by atoms with Crippen LogP contribution >= 0.6 is 0 Å². The lowest BCUT2D eigenvalue weighted by molar-refractivity contribution is -0.116. The summed E-state index contributed by atoms with van der Waals surface area (Å²) >= 11 is 0. The molecule has 1 amide bonds. The number of allylic oxidation sites excluding steroid dienone is 4. The van der Waals surface area contributed by atoms with E-state index in [4.69, 9.17) is 0 Å². The van der Waals surface area contributed by atoms with Crippen LogP contribution in [0, 0.1) is 5.41 Å². The Hall–Kier alpha value is -1.38. The van der Waals surface area contributed by atoms with Crippen molar-refractivity contribution in [1.82, 2.24) is 5.32 Å². The van der Waals surface area contributed by atoms with Gasteiger partial charge in [-0.15, -0.1) is 0 Å². The lowest BCUT2D eigenvalue weighted by atomic mass is 9.86. The second-order valence-electron chi connectivity index (χ2n) is 3.78. The van der Waals surface area contributed by atoms with E-state index in [1.807, 2.05) is 13.8 Å². The van der Waals surface area contributed by atoms with Gasteiger partial charge in [-0.1, -0.05) is 26.0 Å².